The quantitative estimate of drug-likeness (QED) is 0.813. The van der Waals surface area contributed by atoms with E-state index in [1.54, 1.807) is 24.5 Å². The summed E-state index contributed by atoms with van der Waals surface area (Å²) >= 11 is 1.51. The molecule has 0 bridgehead atoms. The van der Waals surface area contributed by atoms with Crippen molar-refractivity contribution in [1.82, 2.24) is 0 Å². The Morgan fingerprint density at radius 2 is 2.22 bits per heavy atom. The molecule has 0 fully saturated rings. The lowest BCUT2D eigenvalue weighted by Gasteiger charge is -2.05. The maximum Gasteiger partial charge on any atom is 0.234 e. The number of furan rings is 1. The zero-order valence-electron chi connectivity index (χ0n) is 9.76. The summed E-state index contributed by atoms with van der Waals surface area (Å²) in [5, 5.41) is 2.79. The Morgan fingerprint density at radius 3 is 2.94 bits per heavy atom. The van der Waals surface area contributed by atoms with Crippen molar-refractivity contribution in [3.8, 4) is 0 Å². The second kappa shape index (κ2) is 6.16. The number of benzene rings is 1. The van der Waals surface area contributed by atoms with E-state index in [1.165, 1.54) is 11.8 Å². The highest BCUT2D eigenvalue weighted by Gasteiger charge is 2.04. The Hall–Kier alpha value is -1.88. The molecule has 0 radical (unpaired) electrons. The zero-order chi connectivity index (χ0) is 12.8. The van der Waals surface area contributed by atoms with Gasteiger partial charge in [-0.15, -0.1) is 11.8 Å². The third-order valence-corrected chi connectivity index (χ3v) is 3.18. The zero-order valence-corrected chi connectivity index (χ0v) is 10.6. The summed E-state index contributed by atoms with van der Waals surface area (Å²) in [6.07, 6.45) is 1.63. The van der Waals surface area contributed by atoms with Gasteiger partial charge in [-0.25, -0.2) is 0 Å². The SMILES string of the molecule is Nc1cccc(NC(=O)CSCc2ccco2)c1. The summed E-state index contributed by atoms with van der Waals surface area (Å²) in [5.41, 5.74) is 6.99. The maximum atomic E-state index is 11.6. The maximum absolute atomic E-state index is 11.6. The van der Waals surface area contributed by atoms with E-state index in [0.29, 0.717) is 17.2 Å². The van der Waals surface area contributed by atoms with Crippen molar-refractivity contribution in [2.75, 3.05) is 16.8 Å². The van der Waals surface area contributed by atoms with E-state index >= 15 is 0 Å². The third kappa shape index (κ3) is 3.85. The summed E-state index contributed by atoms with van der Waals surface area (Å²) in [5.74, 6) is 1.90. The minimum atomic E-state index is -0.0443. The van der Waals surface area contributed by atoms with Crippen molar-refractivity contribution >= 4 is 29.0 Å². The van der Waals surface area contributed by atoms with Crippen LogP contribution in [0.3, 0.4) is 0 Å². The van der Waals surface area contributed by atoms with Crippen molar-refractivity contribution in [3.63, 3.8) is 0 Å². The number of carbonyl (C=O) groups is 1. The average molecular weight is 262 g/mol. The fraction of sp³-hybridized carbons (Fsp3) is 0.154. The highest BCUT2D eigenvalue weighted by molar-refractivity contribution is 7.99. The lowest BCUT2D eigenvalue weighted by molar-refractivity contribution is -0.113. The summed E-state index contributed by atoms with van der Waals surface area (Å²) in [7, 11) is 0. The summed E-state index contributed by atoms with van der Waals surface area (Å²) in [4.78, 5) is 11.6. The number of hydrogen-bond acceptors (Lipinski definition) is 4. The van der Waals surface area contributed by atoms with Gasteiger partial charge in [-0.05, 0) is 30.3 Å². The number of hydrogen-bond donors (Lipinski definition) is 2. The minimum Gasteiger partial charge on any atom is -0.468 e. The molecule has 1 amide bonds. The van der Waals surface area contributed by atoms with Crippen LogP contribution in [0.15, 0.2) is 47.1 Å². The summed E-state index contributed by atoms with van der Waals surface area (Å²) < 4.78 is 5.18. The number of nitrogens with one attached hydrogen (secondary N) is 1. The first-order valence-corrected chi connectivity index (χ1v) is 6.65. The molecule has 0 aliphatic carbocycles. The molecule has 18 heavy (non-hydrogen) atoms. The van der Waals surface area contributed by atoms with Crippen LogP contribution in [0.1, 0.15) is 5.76 Å². The Morgan fingerprint density at radius 1 is 1.33 bits per heavy atom. The van der Waals surface area contributed by atoms with E-state index < -0.39 is 0 Å². The molecule has 2 aromatic rings. The fourth-order valence-electron chi connectivity index (χ4n) is 1.45. The van der Waals surface area contributed by atoms with Gasteiger partial charge in [-0.1, -0.05) is 6.07 Å². The van der Waals surface area contributed by atoms with Crippen LogP contribution in [0.25, 0.3) is 0 Å². The number of thioether (sulfide) groups is 1. The molecule has 3 N–H and O–H groups in total. The molecule has 0 aliphatic rings. The number of rotatable bonds is 5. The van der Waals surface area contributed by atoms with Crippen molar-refractivity contribution < 1.29 is 9.21 Å². The lowest BCUT2D eigenvalue weighted by atomic mass is 10.3. The van der Waals surface area contributed by atoms with Gasteiger partial charge in [0.05, 0.1) is 17.8 Å². The van der Waals surface area contributed by atoms with Crippen molar-refractivity contribution in [2.24, 2.45) is 0 Å². The van der Waals surface area contributed by atoms with E-state index in [9.17, 15) is 4.79 Å². The van der Waals surface area contributed by atoms with Gasteiger partial charge in [0.25, 0.3) is 0 Å². The lowest BCUT2D eigenvalue weighted by Crippen LogP contribution is -2.14. The topological polar surface area (TPSA) is 68.3 Å². The predicted octanol–water partition coefficient (Wildman–Crippen LogP) is 2.73. The first kappa shape index (κ1) is 12.6. The van der Waals surface area contributed by atoms with Gasteiger partial charge in [-0.3, -0.25) is 4.79 Å². The normalized spacial score (nSPS) is 10.2. The molecule has 1 aromatic carbocycles. The molecule has 2 rings (SSSR count). The van der Waals surface area contributed by atoms with Crippen LogP contribution >= 0.6 is 11.8 Å². The van der Waals surface area contributed by atoms with Crippen LogP contribution in [0.4, 0.5) is 11.4 Å². The van der Waals surface area contributed by atoms with E-state index in [2.05, 4.69) is 5.32 Å². The molecule has 4 nitrogen and oxygen atoms in total. The molecule has 1 aromatic heterocycles. The molecule has 0 unspecified atom stereocenters. The number of carbonyl (C=O) groups excluding carboxylic acids is 1. The minimum absolute atomic E-state index is 0.0443. The second-order valence-corrected chi connectivity index (χ2v) is 4.73. The number of nitrogens with two attached hydrogens (primary N) is 1. The van der Waals surface area contributed by atoms with Crippen LogP contribution < -0.4 is 11.1 Å². The molecule has 0 saturated heterocycles. The van der Waals surface area contributed by atoms with E-state index in [1.807, 2.05) is 18.2 Å². The van der Waals surface area contributed by atoms with Crippen LogP contribution in [-0.2, 0) is 10.5 Å². The van der Waals surface area contributed by atoms with Gasteiger partial charge >= 0.3 is 0 Å². The highest BCUT2D eigenvalue weighted by Crippen LogP contribution is 2.15. The van der Waals surface area contributed by atoms with Gasteiger partial charge in [-0.2, -0.15) is 0 Å². The molecular weight excluding hydrogens is 248 g/mol. The number of nitrogen functional groups attached to an aromatic ring is 1. The average Bonchev–Trinajstić information content (AvgIpc) is 2.82. The Kier molecular flexibility index (Phi) is 4.30. The standard InChI is InChI=1S/C13H14N2O2S/c14-10-3-1-4-11(7-10)15-13(16)9-18-8-12-5-2-6-17-12/h1-7H,8-9,14H2,(H,15,16). The van der Waals surface area contributed by atoms with Crippen LogP contribution in [-0.4, -0.2) is 11.7 Å². The molecule has 0 atom stereocenters. The Labute approximate surface area is 110 Å². The van der Waals surface area contributed by atoms with E-state index in [-0.39, 0.29) is 5.91 Å². The van der Waals surface area contributed by atoms with Gasteiger partial charge in [0.2, 0.25) is 5.91 Å². The van der Waals surface area contributed by atoms with Crippen molar-refractivity contribution in [1.29, 1.82) is 0 Å². The summed E-state index contributed by atoms with van der Waals surface area (Å²) in [6.45, 7) is 0. The van der Waals surface area contributed by atoms with Gasteiger partial charge in [0.1, 0.15) is 5.76 Å². The Bertz CT molecular complexity index is 511. The van der Waals surface area contributed by atoms with Gasteiger partial charge in [0, 0.05) is 11.4 Å². The Balaban J connectivity index is 1.75. The van der Waals surface area contributed by atoms with Crippen LogP contribution in [0, 0.1) is 0 Å². The smallest absolute Gasteiger partial charge is 0.234 e. The molecule has 0 spiro atoms. The molecule has 94 valence electrons. The highest BCUT2D eigenvalue weighted by atomic mass is 32.2. The van der Waals surface area contributed by atoms with Crippen molar-refractivity contribution in [3.05, 3.63) is 48.4 Å². The molecule has 1 heterocycles. The van der Waals surface area contributed by atoms with Crippen molar-refractivity contribution in [2.45, 2.75) is 5.75 Å². The predicted molar refractivity (Wildman–Crippen MR) is 74.4 cm³/mol. The summed E-state index contributed by atoms with van der Waals surface area (Å²) in [6, 6.07) is 10.9. The molecule has 0 aliphatic heterocycles. The third-order valence-electron chi connectivity index (χ3n) is 2.23. The first-order valence-electron chi connectivity index (χ1n) is 5.49. The first-order chi connectivity index (χ1) is 8.74. The van der Waals surface area contributed by atoms with Crippen LogP contribution in [0.5, 0.6) is 0 Å². The molecular formula is C13H14N2O2S. The molecule has 0 saturated carbocycles. The number of amides is 1. The van der Waals surface area contributed by atoms with Crippen LogP contribution in [0.2, 0.25) is 0 Å². The van der Waals surface area contributed by atoms with Gasteiger partial charge < -0.3 is 15.5 Å². The fourth-order valence-corrected chi connectivity index (χ4v) is 2.18. The largest absolute Gasteiger partial charge is 0.468 e. The van der Waals surface area contributed by atoms with E-state index in [0.717, 1.165) is 11.4 Å². The van der Waals surface area contributed by atoms with E-state index in [4.69, 9.17) is 10.2 Å². The second-order valence-electron chi connectivity index (χ2n) is 3.75. The monoisotopic (exact) mass is 262 g/mol. The molecule has 5 heteroatoms. The number of anilines is 2. The van der Waals surface area contributed by atoms with Gasteiger partial charge in [0.15, 0.2) is 0 Å².